The van der Waals surface area contributed by atoms with Gasteiger partial charge in [0.15, 0.2) is 10.3 Å². The highest BCUT2D eigenvalue weighted by molar-refractivity contribution is 7.13. The van der Waals surface area contributed by atoms with Crippen LogP contribution in [0.25, 0.3) is 44.3 Å². The Balaban J connectivity index is 0.000000148. The molecular formula is C38H33ClN8S2. The van der Waals surface area contributed by atoms with Gasteiger partial charge >= 0.3 is 0 Å². The molecule has 0 aliphatic carbocycles. The predicted octanol–water partition coefficient (Wildman–Crippen LogP) is 10.4. The molecule has 2 aromatic carbocycles. The Labute approximate surface area is 297 Å². The molecule has 0 unspecified atom stereocenters. The number of halogens is 1. The van der Waals surface area contributed by atoms with Crippen molar-refractivity contribution >= 4 is 72.4 Å². The van der Waals surface area contributed by atoms with E-state index in [1.165, 1.54) is 33.6 Å². The molecule has 244 valence electrons. The molecule has 0 bridgehead atoms. The molecule has 0 fully saturated rings. The monoisotopic (exact) mass is 700 g/mol. The van der Waals surface area contributed by atoms with Crippen molar-refractivity contribution in [3.63, 3.8) is 0 Å². The van der Waals surface area contributed by atoms with Crippen LogP contribution >= 0.6 is 34.3 Å². The number of nitrogens with two attached hydrogens (primary N) is 1. The second-order valence-corrected chi connectivity index (χ2v) is 13.5. The van der Waals surface area contributed by atoms with Gasteiger partial charge in [0.25, 0.3) is 0 Å². The van der Waals surface area contributed by atoms with Gasteiger partial charge in [0.2, 0.25) is 0 Å². The number of aryl methyl sites for hydroxylation is 4. The molecule has 0 atom stereocenters. The third-order valence-electron chi connectivity index (χ3n) is 7.84. The van der Waals surface area contributed by atoms with E-state index >= 15 is 0 Å². The maximum Gasteiger partial charge on any atom is 0.188 e. The minimum absolute atomic E-state index is 0.492. The third kappa shape index (κ3) is 8.60. The first kappa shape index (κ1) is 33.6. The largest absolute Gasteiger partial charge is 0.375 e. The van der Waals surface area contributed by atoms with E-state index in [-0.39, 0.29) is 0 Å². The Kier molecular flexibility index (Phi) is 10.5. The number of nitrogens with one attached hydrogen (secondary N) is 1. The summed E-state index contributed by atoms with van der Waals surface area (Å²) in [6.45, 7) is 8.47. The van der Waals surface area contributed by atoms with Gasteiger partial charge in [0, 0.05) is 46.7 Å². The first-order chi connectivity index (χ1) is 23.7. The number of anilines is 3. The fourth-order valence-electron chi connectivity index (χ4n) is 4.84. The van der Waals surface area contributed by atoms with Crippen molar-refractivity contribution in [2.45, 2.75) is 27.7 Å². The zero-order valence-electron chi connectivity index (χ0n) is 27.3. The summed E-state index contributed by atoms with van der Waals surface area (Å²) in [6, 6.07) is 24.5. The van der Waals surface area contributed by atoms with Crippen LogP contribution in [0.4, 0.5) is 16.1 Å². The van der Waals surface area contributed by atoms with E-state index in [2.05, 4.69) is 105 Å². The molecule has 0 saturated heterocycles. The lowest BCUT2D eigenvalue weighted by Gasteiger charge is -2.07. The van der Waals surface area contributed by atoms with Crippen LogP contribution < -0.4 is 11.1 Å². The number of thiazole rings is 2. The van der Waals surface area contributed by atoms with Gasteiger partial charge in [-0.3, -0.25) is 9.97 Å². The minimum Gasteiger partial charge on any atom is -0.375 e. The van der Waals surface area contributed by atoms with Crippen LogP contribution in [0.1, 0.15) is 22.3 Å². The van der Waals surface area contributed by atoms with E-state index in [9.17, 15) is 0 Å². The van der Waals surface area contributed by atoms with Gasteiger partial charge in [0.1, 0.15) is 11.0 Å². The standard InChI is InChI=1S/C19H16N4S.C16H13ClN2.C3H4N2S/c1-12-3-4-14(9-13(12)2)15-10-17-16(21-11-15)5-6-18(22-17)23-19-20-7-8-24-19;1-10-3-4-12(7-11(10)2)13-8-15-14(18-9-13)5-6-16(17)19-15;4-3-5-1-2-6-3/h3-11H,1-2H3,(H,20,22,23);3-9H,1-2H3;1-2H,(H2,4,5). The van der Waals surface area contributed by atoms with E-state index in [1.54, 1.807) is 29.8 Å². The molecule has 0 amide bonds. The minimum atomic E-state index is 0.492. The Hall–Kier alpha value is -5.29. The molecule has 49 heavy (non-hydrogen) atoms. The van der Waals surface area contributed by atoms with Gasteiger partial charge in [-0.1, -0.05) is 48.0 Å². The fourth-order valence-corrected chi connectivity index (χ4v) is 5.92. The number of rotatable bonds is 4. The summed E-state index contributed by atoms with van der Waals surface area (Å²) in [7, 11) is 0. The van der Waals surface area contributed by atoms with Crippen molar-refractivity contribution < 1.29 is 0 Å². The van der Waals surface area contributed by atoms with Crippen LogP contribution in [0.15, 0.2) is 108 Å². The van der Waals surface area contributed by atoms with Crippen LogP contribution in [0.2, 0.25) is 5.15 Å². The van der Waals surface area contributed by atoms with Crippen molar-refractivity contribution in [3.8, 4) is 22.3 Å². The topological polar surface area (TPSA) is 115 Å². The third-order valence-corrected chi connectivity index (χ3v) is 9.34. The molecule has 0 saturated carbocycles. The second kappa shape index (κ2) is 15.3. The van der Waals surface area contributed by atoms with E-state index in [0.29, 0.717) is 10.3 Å². The van der Waals surface area contributed by atoms with Gasteiger partial charge in [-0.15, -0.1) is 22.7 Å². The van der Waals surface area contributed by atoms with E-state index in [4.69, 9.17) is 17.3 Å². The number of benzene rings is 2. The molecule has 8 nitrogen and oxygen atoms in total. The molecule has 6 heterocycles. The van der Waals surface area contributed by atoms with Crippen LogP contribution in [0.3, 0.4) is 0 Å². The number of hydrogen-bond acceptors (Lipinski definition) is 10. The van der Waals surface area contributed by atoms with Gasteiger partial charge in [-0.2, -0.15) is 0 Å². The number of aromatic nitrogens is 6. The Morgan fingerprint density at radius 1 is 0.551 bits per heavy atom. The van der Waals surface area contributed by atoms with Crippen molar-refractivity contribution in [1.82, 2.24) is 29.9 Å². The molecule has 11 heteroatoms. The zero-order valence-corrected chi connectivity index (χ0v) is 29.7. The Bertz CT molecular complexity index is 2340. The normalized spacial score (nSPS) is 10.6. The summed E-state index contributed by atoms with van der Waals surface area (Å²) >= 11 is 8.92. The van der Waals surface area contributed by atoms with E-state index in [0.717, 1.165) is 55.3 Å². The van der Waals surface area contributed by atoms with Crippen molar-refractivity contribution in [2.75, 3.05) is 11.1 Å². The Morgan fingerprint density at radius 2 is 1.12 bits per heavy atom. The molecular weight excluding hydrogens is 668 g/mol. The maximum atomic E-state index is 5.92. The number of pyridine rings is 4. The molecule has 0 radical (unpaired) electrons. The first-order valence-electron chi connectivity index (χ1n) is 15.4. The Morgan fingerprint density at radius 3 is 1.63 bits per heavy atom. The first-order valence-corrected chi connectivity index (χ1v) is 17.5. The van der Waals surface area contributed by atoms with Gasteiger partial charge in [-0.05, 0) is 97.5 Å². The maximum absolute atomic E-state index is 5.92. The molecule has 0 aliphatic heterocycles. The second-order valence-electron chi connectivity index (χ2n) is 11.3. The summed E-state index contributed by atoms with van der Waals surface area (Å²) < 4.78 is 0. The number of nitrogens with zero attached hydrogens (tertiary/aromatic N) is 6. The smallest absolute Gasteiger partial charge is 0.188 e. The summed E-state index contributed by atoms with van der Waals surface area (Å²) in [5.74, 6) is 0.775. The predicted molar refractivity (Wildman–Crippen MR) is 206 cm³/mol. The van der Waals surface area contributed by atoms with Crippen molar-refractivity contribution in [2.24, 2.45) is 0 Å². The highest BCUT2D eigenvalue weighted by atomic mass is 35.5. The number of nitrogen functional groups attached to an aromatic ring is 1. The van der Waals surface area contributed by atoms with Crippen LogP contribution in [-0.4, -0.2) is 29.9 Å². The summed E-state index contributed by atoms with van der Waals surface area (Å²) in [5, 5.41) is 8.96. The molecule has 8 aromatic rings. The van der Waals surface area contributed by atoms with Crippen LogP contribution in [-0.2, 0) is 0 Å². The number of hydrogen-bond donors (Lipinski definition) is 2. The average molecular weight is 701 g/mol. The SMILES string of the molecule is Cc1ccc(-c2cnc3ccc(Cl)nc3c2)cc1C.Cc1ccc(-c2cnc3ccc(Nc4nccs4)nc3c2)cc1C.Nc1nccs1. The molecule has 8 rings (SSSR count). The highest BCUT2D eigenvalue weighted by Crippen LogP contribution is 2.27. The summed E-state index contributed by atoms with van der Waals surface area (Å²) in [5.41, 5.74) is 18.2. The fraction of sp³-hybridized carbons (Fsp3) is 0.105. The van der Waals surface area contributed by atoms with Gasteiger partial charge in [-0.25, -0.2) is 19.9 Å². The molecule has 0 spiro atoms. The highest BCUT2D eigenvalue weighted by Gasteiger charge is 2.07. The van der Waals surface area contributed by atoms with Crippen molar-refractivity contribution in [3.05, 3.63) is 136 Å². The zero-order chi connectivity index (χ0) is 34.3. The molecule has 0 aliphatic rings. The van der Waals surface area contributed by atoms with E-state index in [1.807, 2.05) is 47.4 Å². The number of fused-ring (bicyclic) bond motifs is 2. The lowest BCUT2D eigenvalue weighted by atomic mass is 10.0. The summed E-state index contributed by atoms with van der Waals surface area (Å²) in [4.78, 5) is 25.9. The van der Waals surface area contributed by atoms with Crippen LogP contribution in [0.5, 0.6) is 0 Å². The van der Waals surface area contributed by atoms with Gasteiger partial charge in [0.05, 0.1) is 22.1 Å². The quantitative estimate of drug-likeness (QED) is 0.174. The lowest BCUT2D eigenvalue weighted by molar-refractivity contribution is 1.30. The average Bonchev–Trinajstić information content (AvgIpc) is 3.81. The van der Waals surface area contributed by atoms with E-state index < -0.39 is 0 Å². The molecule has 6 aromatic heterocycles. The van der Waals surface area contributed by atoms with Gasteiger partial charge < -0.3 is 11.1 Å². The molecule has 3 N–H and O–H groups in total. The lowest BCUT2D eigenvalue weighted by Crippen LogP contribution is -1.94. The van der Waals surface area contributed by atoms with Crippen molar-refractivity contribution in [1.29, 1.82) is 0 Å². The summed E-state index contributed by atoms with van der Waals surface area (Å²) in [6.07, 6.45) is 7.23. The van der Waals surface area contributed by atoms with Crippen LogP contribution in [0, 0.1) is 27.7 Å².